The van der Waals surface area contributed by atoms with E-state index in [9.17, 15) is 9.59 Å². The normalized spacial score (nSPS) is 11.9. The molecule has 7 nitrogen and oxygen atoms in total. The van der Waals surface area contributed by atoms with Gasteiger partial charge in [0.25, 0.3) is 0 Å². The summed E-state index contributed by atoms with van der Waals surface area (Å²) in [5, 5.41) is 29.5. The Hall–Kier alpha value is -2.74. The quantitative estimate of drug-likeness (QED) is 0.290. The first kappa shape index (κ1) is 22.5. The summed E-state index contributed by atoms with van der Waals surface area (Å²) in [5.74, 6) is -1.74. The van der Waals surface area contributed by atoms with Crippen molar-refractivity contribution in [3.63, 3.8) is 0 Å². The number of aliphatic hydroxyl groups excluding tert-OH is 2. The molecule has 0 aliphatic rings. The van der Waals surface area contributed by atoms with Crippen LogP contribution in [0.2, 0.25) is 0 Å². The van der Waals surface area contributed by atoms with Gasteiger partial charge in [-0.05, 0) is 36.0 Å². The van der Waals surface area contributed by atoms with E-state index < -0.39 is 37.0 Å². The van der Waals surface area contributed by atoms with Gasteiger partial charge in [0.15, 0.2) is 0 Å². The molecule has 5 N–H and O–H groups in total. The summed E-state index contributed by atoms with van der Waals surface area (Å²) >= 11 is 0. The van der Waals surface area contributed by atoms with Crippen molar-refractivity contribution in [3.05, 3.63) is 60.2 Å². The zero-order valence-corrected chi connectivity index (χ0v) is 16.3. The van der Waals surface area contributed by atoms with Crippen LogP contribution in [0.25, 0.3) is 11.1 Å². The third-order valence-corrected chi connectivity index (χ3v) is 4.79. The fraction of sp³-hybridized carbons (Fsp3) is 0.364. The minimum atomic E-state index is -0.771. The second kappa shape index (κ2) is 12.0. The minimum absolute atomic E-state index is 0.168. The molecule has 29 heavy (non-hydrogen) atoms. The average Bonchev–Trinajstić information content (AvgIpc) is 2.77. The van der Waals surface area contributed by atoms with Crippen molar-refractivity contribution in [2.45, 2.75) is 31.7 Å². The van der Waals surface area contributed by atoms with Gasteiger partial charge >= 0.3 is 0 Å². The van der Waals surface area contributed by atoms with Crippen LogP contribution < -0.4 is 10.8 Å². The lowest BCUT2D eigenvalue weighted by Gasteiger charge is -2.19. The summed E-state index contributed by atoms with van der Waals surface area (Å²) in [5.41, 5.74) is 4.94. The number of benzene rings is 2. The third-order valence-electron chi connectivity index (χ3n) is 4.79. The summed E-state index contributed by atoms with van der Waals surface area (Å²) in [4.78, 5) is 23.9. The van der Waals surface area contributed by atoms with Crippen molar-refractivity contribution < 1.29 is 25.0 Å². The molecule has 0 saturated carbocycles. The molecule has 0 aliphatic carbocycles. The molecule has 2 rings (SSSR count). The Morgan fingerprint density at radius 1 is 0.897 bits per heavy atom. The molecule has 1 unspecified atom stereocenters. The van der Waals surface area contributed by atoms with Crippen LogP contribution in [0.4, 0.5) is 0 Å². The Bertz CT molecular complexity index is 761. The number of rotatable bonds is 11. The van der Waals surface area contributed by atoms with E-state index >= 15 is 0 Å². The van der Waals surface area contributed by atoms with Crippen LogP contribution in [0.15, 0.2) is 54.6 Å². The number of nitrogens with one attached hydrogen (secondary N) is 2. The molecule has 2 aromatic rings. The van der Waals surface area contributed by atoms with Gasteiger partial charge in [-0.1, -0.05) is 54.6 Å². The Morgan fingerprint density at radius 2 is 1.52 bits per heavy atom. The molecule has 1 atom stereocenters. The van der Waals surface area contributed by atoms with E-state index in [1.165, 1.54) is 0 Å². The van der Waals surface area contributed by atoms with E-state index in [4.69, 9.17) is 15.4 Å². The smallest absolute Gasteiger partial charge is 0.244 e. The number of aryl methyl sites for hydroxylation is 1. The molecule has 0 saturated heterocycles. The van der Waals surface area contributed by atoms with Crippen LogP contribution in [0.3, 0.4) is 0 Å². The molecule has 2 aromatic carbocycles. The summed E-state index contributed by atoms with van der Waals surface area (Å²) in [6.07, 6.45) is 1.68. The van der Waals surface area contributed by atoms with E-state index in [0.717, 1.165) is 23.1 Å². The molecule has 0 aliphatic heterocycles. The van der Waals surface area contributed by atoms with Crippen LogP contribution in [0.5, 0.6) is 0 Å². The first-order valence-electron chi connectivity index (χ1n) is 9.66. The molecular formula is C22H28N2O5. The predicted octanol–water partition coefficient (Wildman–Crippen LogP) is 1.66. The highest BCUT2D eigenvalue weighted by Gasteiger charge is 2.23. The highest BCUT2D eigenvalue weighted by molar-refractivity contribution is 5.85. The van der Waals surface area contributed by atoms with E-state index in [2.05, 4.69) is 29.6 Å². The topological polar surface area (TPSA) is 119 Å². The van der Waals surface area contributed by atoms with Crippen LogP contribution in [-0.2, 0) is 16.0 Å². The number of carbonyl (C=O) groups is 2. The predicted molar refractivity (Wildman–Crippen MR) is 109 cm³/mol. The zero-order valence-electron chi connectivity index (χ0n) is 16.3. The van der Waals surface area contributed by atoms with Crippen molar-refractivity contribution in [1.82, 2.24) is 10.8 Å². The van der Waals surface area contributed by atoms with Crippen molar-refractivity contribution in [3.8, 4) is 11.1 Å². The molecule has 0 spiro atoms. The van der Waals surface area contributed by atoms with Crippen LogP contribution in [0.1, 0.15) is 24.8 Å². The summed E-state index contributed by atoms with van der Waals surface area (Å²) in [7, 11) is 0. The van der Waals surface area contributed by atoms with Crippen LogP contribution >= 0.6 is 0 Å². The summed E-state index contributed by atoms with van der Waals surface area (Å²) in [6.45, 7) is -0.788. The van der Waals surface area contributed by atoms with Gasteiger partial charge in [0.1, 0.15) is 0 Å². The fourth-order valence-corrected chi connectivity index (χ4v) is 3.11. The standard InChI is InChI=1S/C22H28N2O5/c25-14-20(15-26)23-22(28)19(13-21(27)24-29)8-4-5-16-9-11-18(12-10-16)17-6-2-1-3-7-17/h1-3,6-7,9-12,19-20,25-26,29H,4-5,8,13-15H2,(H,23,28)(H,24,27). The largest absolute Gasteiger partial charge is 0.394 e. The van der Waals surface area contributed by atoms with Crippen LogP contribution in [-0.4, -0.2) is 46.5 Å². The first-order chi connectivity index (χ1) is 14.1. The zero-order chi connectivity index (χ0) is 21.1. The number of carbonyl (C=O) groups excluding carboxylic acids is 2. The van der Waals surface area contributed by atoms with E-state index in [-0.39, 0.29) is 6.42 Å². The van der Waals surface area contributed by atoms with E-state index in [0.29, 0.717) is 12.8 Å². The van der Waals surface area contributed by atoms with Crippen molar-refractivity contribution in [1.29, 1.82) is 0 Å². The van der Waals surface area contributed by atoms with Gasteiger partial charge in [0.2, 0.25) is 11.8 Å². The molecule has 7 heteroatoms. The van der Waals surface area contributed by atoms with Crippen LogP contribution in [0, 0.1) is 5.92 Å². The molecule has 0 fully saturated rings. The molecule has 0 radical (unpaired) electrons. The fourth-order valence-electron chi connectivity index (χ4n) is 3.11. The maximum absolute atomic E-state index is 12.4. The van der Waals surface area contributed by atoms with Gasteiger partial charge in [0.05, 0.1) is 19.3 Å². The molecule has 0 bridgehead atoms. The van der Waals surface area contributed by atoms with Gasteiger partial charge < -0.3 is 15.5 Å². The minimum Gasteiger partial charge on any atom is -0.394 e. The number of hydroxylamine groups is 1. The highest BCUT2D eigenvalue weighted by atomic mass is 16.5. The lowest BCUT2D eigenvalue weighted by molar-refractivity contribution is -0.135. The Morgan fingerprint density at radius 3 is 2.10 bits per heavy atom. The lowest BCUT2D eigenvalue weighted by atomic mass is 9.94. The molecular weight excluding hydrogens is 372 g/mol. The van der Waals surface area contributed by atoms with Gasteiger partial charge in [-0.25, -0.2) is 5.48 Å². The highest BCUT2D eigenvalue weighted by Crippen LogP contribution is 2.21. The summed E-state index contributed by atoms with van der Waals surface area (Å²) < 4.78 is 0. The lowest BCUT2D eigenvalue weighted by Crippen LogP contribution is -2.44. The van der Waals surface area contributed by atoms with Crippen molar-refractivity contribution in [2.24, 2.45) is 5.92 Å². The number of aliphatic hydroxyl groups is 2. The van der Waals surface area contributed by atoms with Gasteiger partial charge in [-0.3, -0.25) is 14.8 Å². The number of hydrogen-bond donors (Lipinski definition) is 5. The second-order valence-electron chi connectivity index (χ2n) is 6.96. The SMILES string of the molecule is O=C(CC(CCCc1ccc(-c2ccccc2)cc1)C(=O)NC(CO)CO)NO. The van der Waals surface area contributed by atoms with Crippen molar-refractivity contribution >= 4 is 11.8 Å². The van der Waals surface area contributed by atoms with E-state index in [1.807, 2.05) is 30.3 Å². The van der Waals surface area contributed by atoms with Gasteiger partial charge in [-0.2, -0.15) is 0 Å². The van der Waals surface area contributed by atoms with Gasteiger partial charge in [-0.15, -0.1) is 0 Å². The molecule has 0 heterocycles. The molecule has 2 amide bonds. The maximum atomic E-state index is 12.4. The molecule has 156 valence electrons. The van der Waals surface area contributed by atoms with E-state index in [1.54, 1.807) is 5.48 Å². The Kier molecular flexibility index (Phi) is 9.30. The second-order valence-corrected chi connectivity index (χ2v) is 6.96. The maximum Gasteiger partial charge on any atom is 0.244 e. The van der Waals surface area contributed by atoms with Gasteiger partial charge in [0, 0.05) is 12.3 Å². The third kappa shape index (κ3) is 7.30. The molecule has 0 aromatic heterocycles. The number of amides is 2. The Labute approximate surface area is 170 Å². The summed E-state index contributed by atoms with van der Waals surface area (Å²) in [6, 6.07) is 17.5. The van der Waals surface area contributed by atoms with Crippen molar-refractivity contribution in [2.75, 3.05) is 13.2 Å². The monoisotopic (exact) mass is 400 g/mol. The number of hydrogen-bond acceptors (Lipinski definition) is 5. The average molecular weight is 400 g/mol. The Balaban J connectivity index is 1.92. The first-order valence-corrected chi connectivity index (χ1v) is 9.66.